The minimum atomic E-state index is -2.43. The summed E-state index contributed by atoms with van der Waals surface area (Å²) in [5.74, 6) is 0.836. The first-order chi connectivity index (χ1) is 12.4. The van der Waals surface area contributed by atoms with E-state index >= 15 is 0 Å². The highest BCUT2D eigenvalue weighted by Crippen LogP contribution is 2.40. The first-order valence-electron chi connectivity index (χ1n) is 8.24. The molecule has 0 amide bonds. The smallest absolute Gasteiger partial charge is 0.277 e. The van der Waals surface area contributed by atoms with Crippen molar-refractivity contribution in [3.05, 3.63) is 44.8 Å². The van der Waals surface area contributed by atoms with Crippen molar-refractivity contribution in [1.82, 2.24) is 9.78 Å². The fourth-order valence-corrected chi connectivity index (χ4v) is 5.48. The Morgan fingerprint density at radius 2 is 1.96 bits per heavy atom. The Bertz CT molecular complexity index is 1020. The third-order valence-corrected chi connectivity index (χ3v) is 7.16. The summed E-state index contributed by atoms with van der Waals surface area (Å²) in [5.41, 5.74) is -0.132. The molecule has 3 rings (SSSR count). The largest absolute Gasteiger partial charge is 0.494 e. The Morgan fingerprint density at radius 3 is 2.54 bits per heavy atom. The van der Waals surface area contributed by atoms with Crippen LogP contribution in [0.5, 0.6) is 5.75 Å². The maximum atomic E-state index is 13.0. The molecule has 1 N–H and O–H groups in total. The van der Waals surface area contributed by atoms with Crippen LogP contribution in [0, 0.1) is 0 Å². The Hall–Kier alpha value is -2.06. The second kappa shape index (κ2) is 7.28. The number of H-pyrrole nitrogens is 1. The molecule has 26 heavy (non-hydrogen) atoms. The number of methoxy groups -OCH3 is 1. The van der Waals surface area contributed by atoms with Gasteiger partial charge in [0, 0.05) is 30.3 Å². The van der Waals surface area contributed by atoms with Gasteiger partial charge in [0.2, 0.25) is 5.78 Å². The van der Waals surface area contributed by atoms with Crippen molar-refractivity contribution in [2.45, 2.75) is 19.3 Å². The average molecular weight is 398 g/mol. The van der Waals surface area contributed by atoms with Gasteiger partial charge < -0.3 is 9.84 Å². The van der Waals surface area contributed by atoms with Crippen molar-refractivity contribution < 1.29 is 13.7 Å². The maximum absolute atomic E-state index is 13.0. The quantitative estimate of drug-likeness (QED) is 0.802. The molecule has 1 saturated heterocycles. The van der Waals surface area contributed by atoms with Crippen LogP contribution in [-0.4, -0.2) is 38.4 Å². The lowest BCUT2D eigenvalue weighted by Gasteiger charge is -2.17. The molecule has 1 fully saturated rings. The Morgan fingerprint density at radius 1 is 1.27 bits per heavy atom. The third kappa shape index (κ3) is 3.43. The van der Waals surface area contributed by atoms with Crippen LogP contribution < -0.4 is 10.3 Å². The lowest BCUT2D eigenvalue weighted by molar-refractivity contribution is 0.103. The third-order valence-electron chi connectivity index (χ3n) is 4.41. The zero-order valence-corrected chi connectivity index (χ0v) is 16.2. The fourth-order valence-electron chi connectivity index (χ4n) is 2.93. The molecule has 1 aliphatic rings. The summed E-state index contributed by atoms with van der Waals surface area (Å²) in [6.07, 6.45) is 4.07. The summed E-state index contributed by atoms with van der Waals surface area (Å²) in [4.78, 5) is 24.8. The van der Waals surface area contributed by atoms with E-state index < -0.39 is 21.1 Å². The summed E-state index contributed by atoms with van der Waals surface area (Å²) >= 11 is 6.44. The predicted octanol–water partition coefficient (Wildman–Crippen LogP) is 2.89. The molecule has 0 spiro atoms. The minimum absolute atomic E-state index is 0.0210. The van der Waals surface area contributed by atoms with Gasteiger partial charge in [0.05, 0.1) is 21.9 Å². The Labute approximate surface area is 156 Å². The molecule has 0 atom stereocenters. The van der Waals surface area contributed by atoms with Gasteiger partial charge in [-0.15, -0.1) is 0 Å². The molecule has 2 heterocycles. The lowest BCUT2D eigenvalue weighted by Crippen LogP contribution is -2.19. The lowest BCUT2D eigenvalue weighted by atomic mass is 10.1. The van der Waals surface area contributed by atoms with Crippen molar-refractivity contribution in [3.8, 4) is 5.75 Å². The van der Waals surface area contributed by atoms with Crippen LogP contribution in [0.25, 0.3) is 0 Å². The normalized spacial score (nSPS) is 16.3. The van der Waals surface area contributed by atoms with Gasteiger partial charge in [0.1, 0.15) is 17.0 Å². The molecule has 0 bridgehead atoms. The van der Waals surface area contributed by atoms with Gasteiger partial charge in [-0.3, -0.25) is 14.3 Å². The van der Waals surface area contributed by atoms with Crippen molar-refractivity contribution in [2.24, 2.45) is 11.4 Å². The van der Waals surface area contributed by atoms with Gasteiger partial charge in [-0.1, -0.05) is 18.0 Å². The standard InChI is InChI=1S/C17H20ClN3O4S/c1-21-17(23)12(10-19-21)16(22)11-6-7-13(25-2)15(14(11)18)20-26(24)8-4-3-5-9-26/h6-7,10,19H,3-5,8-9H2,1-2H3. The summed E-state index contributed by atoms with van der Waals surface area (Å²) in [6.45, 7) is 0. The number of carbonyl (C=O) groups is 1. The van der Waals surface area contributed by atoms with Crippen LogP contribution in [0.1, 0.15) is 35.2 Å². The number of aromatic nitrogens is 2. The van der Waals surface area contributed by atoms with Crippen molar-refractivity contribution in [2.75, 3.05) is 18.6 Å². The van der Waals surface area contributed by atoms with Gasteiger partial charge in [0.15, 0.2) is 0 Å². The van der Waals surface area contributed by atoms with E-state index in [-0.39, 0.29) is 21.8 Å². The number of benzene rings is 1. The zero-order valence-electron chi connectivity index (χ0n) is 14.6. The summed E-state index contributed by atoms with van der Waals surface area (Å²) in [5, 5.41) is 2.71. The molecule has 0 saturated carbocycles. The number of ketones is 1. The number of ether oxygens (including phenoxy) is 1. The van der Waals surface area contributed by atoms with Crippen LogP contribution in [0.3, 0.4) is 0 Å². The number of nitrogens with zero attached hydrogens (tertiary/aromatic N) is 2. The van der Waals surface area contributed by atoms with Crippen LogP contribution in [-0.2, 0) is 16.8 Å². The highest BCUT2D eigenvalue weighted by atomic mass is 35.5. The number of rotatable bonds is 4. The number of carbonyl (C=O) groups excluding carboxylic acids is 1. The van der Waals surface area contributed by atoms with Crippen molar-refractivity contribution in [1.29, 1.82) is 0 Å². The van der Waals surface area contributed by atoms with E-state index in [0.717, 1.165) is 19.3 Å². The molecular weight excluding hydrogens is 378 g/mol. The van der Waals surface area contributed by atoms with Gasteiger partial charge in [0.25, 0.3) is 5.56 Å². The number of hydrogen-bond acceptors (Lipinski definition) is 5. The predicted molar refractivity (Wildman–Crippen MR) is 101 cm³/mol. The number of aromatic amines is 1. The van der Waals surface area contributed by atoms with Gasteiger partial charge in [-0.25, -0.2) is 4.21 Å². The number of halogens is 1. The Balaban J connectivity index is 2.14. The summed E-state index contributed by atoms with van der Waals surface area (Å²) < 4.78 is 23.9. The van der Waals surface area contributed by atoms with E-state index in [9.17, 15) is 13.8 Å². The molecular formula is C17H20ClN3O4S. The molecule has 0 radical (unpaired) electrons. The molecule has 2 aromatic rings. The van der Waals surface area contributed by atoms with Crippen LogP contribution >= 0.6 is 11.6 Å². The van der Waals surface area contributed by atoms with E-state index in [1.807, 2.05) is 0 Å². The maximum Gasteiger partial charge on any atom is 0.277 e. The zero-order chi connectivity index (χ0) is 18.9. The SMILES string of the molecule is COc1ccc(C(=O)c2c[nH]n(C)c2=O)c(Cl)c1N=S1(=O)CCCCC1. The summed E-state index contributed by atoms with van der Waals surface area (Å²) in [6, 6.07) is 3.04. The summed E-state index contributed by atoms with van der Waals surface area (Å²) in [7, 11) is 0.545. The van der Waals surface area contributed by atoms with E-state index in [0.29, 0.717) is 17.3 Å². The second-order valence-electron chi connectivity index (χ2n) is 6.19. The van der Waals surface area contributed by atoms with Gasteiger partial charge in [-0.2, -0.15) is 4.36 Å². The van der Waals surface area contributed by atoms with E-state index in [1.165, 1.54) is 31.1 Å². The molecule has 0 aliphatic carbocycles. The first-order valence-corrected chi connectivity index (χ1v) is 10.5. The minimum Gasteiger partial charge on any atom is -0.494 e. The Kier molecular flexibility index (Phi) is 5.24. The number of aryl methyl sites for hydroxylation is 1. The molecule has 1 aromatic carbocycles. The van der Waals surface area contributed by atoms with Gasteiger partial charge in [-0.05, 0) is 25.0 Å². The van der Waals surface area contributed by atoms with Crippen molar-refractivity contribution >= 4 is 32.8 Å². The molecule has 140 valence electrons. The number of hydrogen-bond donors (Lipinski definition) is 1. The van der Waals surface area contributed by atoms with Crippen LogP contribution in [0.4, 0.5) is 5.69 Å². The fraction of sp³-hybridized carbons (Fsp3) is 0.412. The van der Waals surface area contributed by atoms with Gasteiger partial charge >= 0.3 is 0 Å². The molecule has 1 aromatic heterocycles. The van der Waals surface area contributed by atoms with E-state index in [2.05, 4.69) is 9.46 Å². The molecule has 0 unspecified atom stereocenters. The molecule has 7 nitrogen and oxygen atoms in total. The topological polar surface area (TPSA) is 93.5 Å². The monoisotopic (exact) mass is 397 g/mol. The highest BCUT2D eigenvalue weighted by Gasteiger charge is 2.24. The first kappa shape index (κ1) is 18.7. The number of nitrogens with one attached hydrogen (secondary N) is 1. The van der Waals surface area contributed by atoms with E-state index in [4.69, 9.17) is 16.3 Å². The van der Waals surface area contributed by atoms with E-state index in [1.54, 1.807) is 6.07 Å². The van der Waals surface area contributed by atoms with Crippen molar-refractivity contribution in [3.63, 3.8) is 0 Å². The second-order valence-corrected chi connectivity index (χ2v) is 9.11. The van der Waals surface area contributed by atoms with Crippen LogP contribution in [0.2, 0.25) is 5.02 Å². The van der Waals surface area contributed by atoms with Crippen LogP contribution in [0.15, 0.2) is 27.5 Å². The average Bonchev–Trinajstić information content (AvgIpc) is 2.96. The molecule has 1 aliphatic heterocycles. The highest BCUT2D eigenvalue weighted by molar-refractivity contribution is 7.93. The molecule has 9 heteroatoms.